The van der Waals surface area contributed by atoms with Gasteiger partial charge in [-0.05, 0) is 25.0 Å². The Kier molecular flexibility index (Phi) is 6.21. The number of carboxylic acids is 1. The number of benzene rings is 1. The minimum Gasteiger partial charge on any atom is -0.478 e. The van der Waals surface area contributed by atoms with Crippen LogP contribution in [0.1, 0.15) is 36.0 Å². The van der Waals surface area contributed by atoms with Crippen LogP contribution in [0.5, 0.6) is 0 Å². The highest BCUT2D eigenvalue weighted by Gasteiger charge is 2.14. The van der Waals surface area contributed by atoms with E-state index in [1.165, 1.54) is 0 Å². The molecular weight excluding hydrogens is 256 g/mol. The molecule has 19 heavy (non-hydrogen) atoms. The molecule has 0 bridgehead atoms. The quantitative estimate of drug-likeness (QED) is 0.637. The fourth-order valence-electron chi connectivity index (χ4n) is 1.67. The van der Waals surface area contributed by atoms with Gasteiger partial charge in [0.25, 0.3) is 0 Å². The second-order valence-corrected chi connectivity index (χ2v) is 4.18. The van der Waals surface area contributed by atoms with Crippen LogP contribution >= 0.6 is 0 Å². The monoisotopic (exact) mass is 273 g/mol. The van der Waals surface area contributed by atoms with Gasteiger partial charge >= 0.3 is 5.97 Å². The van der Waals surface area contributed by atoms with Crippen LogP contribution in [0.4, 0.5) is 14.5 Å². The number of carboxylic acid groups (broad SMARTS) is 1. The van der Waals surface area contributed by atoms with Crippen LogP contribution in [0.2, 0.25) is 0 Å². The van der Waals surface area contributed by atoms with Crippen molar-refractivity contribution in [3.8, 4) is 0 Å². The lowest BCUT2D eigenvalue weighted by atomic mass is 10.1. The molecule has 0 aliphatic carbocycles. The third-order valence-electron chi connectivity index (χ3n) is 2.68. The smallest absolute Gasteiger partial charge is 0.335 e. The summed E-state index contributed by atoms with van der Waals surface area (Å²) < 4.78 is 27.0. The Hall–Kier alpha value is -1.69. The largest absolute Gasteiger partial charge is 0.478 e. The van der Waals surface area contributed by atoms with E-state index in [0.29, 0.717) is 6.54 Å². The van der Waals surface area contributed by atoms with Gasteiger partial charge in [-0.15, -0.1) is 0 Å². The Morgan fingerprint density at radius 2 is 1.68 bits per heavy atom. The third-order valence-corrected chi connectivity index (χ3v) is 2.68. The summed E-state index contributed by atoms with van der Waals surface area (Å²) in [5.74, 6) is -3.19. The van der Waals surface area contributed by atoms with Crippen molar-refractivity contribution in [2.24, 2.45) is 0 Å². The molecule has 0 aromatic heterocycles. The van der Waals surface area contributed by atoms with Crippen molar-refractivity contribution >= 4 is 11.7 Å². The molecule has 0 amide bonds. The zero-order valence-electron chi connectivity index (χ0n) is 10.5. The number of anilines is 1. The molecule has 1 aromatic carbocycles. The summed E-state index contributed by atoms with van der Waals surface area (Å²) in [6.45, 7) is 0.541. The number of hydrogen-bond donors (Lipinski definition) is 3. The van der Waals surface area contributed by atoms with E-state index in [1.807, 2.05) is 0 Å². The van der Waals surface area contributed by atoms with Gasteiger partial charge in [-0.25, -0.2) is 13.6 Å². The van der Waals surface area contributed by atoms with Gasteiger partial charge in [0.2, 0.25) is 0 Å². The highest BCUT2D eigenvalue weighted by Crippen LogP contribution is 2.21. The van der Waals surface area contributed by atoms with E-state index in [1.54, 1.807) is 0 Å². The van der Waals surface area contributed by atoms with E-state index in [9.17, 15) is 13.6 Å². The Morgan fingerprint density at radius 3 is 2.21 bits per heavy atom. The van der Waals surface area contributed by atoms with Crippen molar-refractivity contribution in [2.75, 3.05) is 18.5 Å². The van der Waals surface area contributed by atoms with Gasteiger partial charge in [0.1, 0.15) is 17.3 Å². The standard InChI is InChI=1S/C13H17F2NO3/c14-10-7-9(13(18)19)8-11(15)12(10)16-5-3-1-2-4-6-17/h7-8,16-17H,1-6H2,(H,18,19). The number of aromatic carboxylic acids is 1. The van der Waals surface area contributed by atoms with Gasteiger partial charge in [0, 0.05) is 13.2 Å². The molecule has 0 atom stereocenters. The van der Waals surface area contributed by atoms with Crippen LogP contribution in [0.25, 0.3) is 0 Å². The first-order valence-electron chi connectivity index (χ1n) is 6.13. The van der Waals surface area contributed by atoms with Gasteiger partial charge < -0.3 is 15.5 Å². The molecule has 0 radical (unpaired) electrons. The molecule has 1 rings (SSSR count). The maximum absolute atomic E-state index is 13.5. The number of halogens is 2. The second kappa shape index (κ2) is 7.68. The average molecular weight is 273 g/mol. The average Bonchev–Trinajstić information content (AvgIpc) is 2.35. The number of hydrogen-bond acceptors (Lipinski definition) is 3. The lowest BCUT2D eigenvalue weighted by molar-refractivity contribution is 0.0696. The van der Waals surface area contributed by atoms with Crippen LogP contribution in [0.3, 0.4) is 0 Å². The molecule has 1 aromatic rings. The molecule has 106 valence electrons. The van der Waals surface area contributed by atoms with Gasteiger partial charge in [-0.2, -0.15) is 0 Å². The summed E-state index contributed by atoms with van der Waals surface area (Å²) in [7, 11) is 0. The number of carbonyl (C=O) groups is 1. The van der Waals surface area contributed by atoms with Crippen molar-refractivity contribution in [1.82, 2.24) is 0 Å². The maximum atomic E-state index is 13.5. The summed E-state index contributed by atoms with van der Waals surface area (Å²) in [4.78, 5) is 10.6. The predicted octanol–water partition coefficient (Wildman–Crippen LogP) is 2.63. The minimum absolute atomic E-state index is 0.146. The van der Waals surface area contributed by atoms with Crippen LogP contribution in [0, 0.1) is 11.6 Å². The molecule has 0 aliphatic heterocycles. The zero-order chi connectivity index (χ0) is 14.3. The Morgan fingerprint density at radius 1 is 1.11 bits per heavy atom. The number of aliphatic hydroxyl groups excluding tert-OH is 1. The Labute approximate surface area is 110 Å². The molecule has 0 saturated heterocycles. The van der Waals surface area contributed by atoms with E-state index in [2.05, 4.69) is 5.32 Å². The van der Waals surface area contributed by atoms with Crippen LogP contribution in [0.15, 0.2) is 12.1 Å². The molecule has 0 heterocycles. The summed E-state index contributed by atoms with van der Waals surface area (Å²) in [6.07, 6.45) is 3.15. The first kappa shape index (κ1) is 15.4. The zero-order valence-corrected chi connectivity index (χ0v) is 10.5. The maximum Gasteiger partial charge on any atom is 0.335 e. The Balaban J connectivity index is 2.52. The van der Waals surface area contributed by atoms with Gasteiger partial charge in [-0.3, -0.25) is 0 Å². The van der Waals surface area contributed by atoms with E-state index >= 15 is 0 Å². The van der Waals surface area contributed by atoms with Crippen molar-refractivity contribution in [3.63, 3.8) is 0 Å². The van der Waals surface area contributed by atoms with Crippen molar-refractivity contribution in [1.29, 1.82) is 0 Å². The fraction of sp³-hybridized carbons (Fsp3) is 0.462. The molecule has 0 fully saturated rings. The van der Waals surface area contributed by atoms with Crippen molar-refractivity contribution in [3.05, 3.63) is 29.3 Å². The highest BCUT2D eigenvalue weighted by molar-refractivity contribution is 5.88. The highest BCUT2D eigenvalue weighted by atomic mass is 19.1. The third kappa shape index (κ3) is 4.82. The topological polar surface area (TPSA) is 69.6 Å². The first-order valence-corrected chi connectivity index (χ1v) is 6.13. The second-order valence-electron chi connectivity index (χ2n) is 4.18. The number of nitrogens with one attached hydrogen (secondary N) is 1. The normalized spacial score (nSPS) is 10.5. The number of unbranched alkanes of at least 4 members (excludes halogenated alkanes) is 3. The summed E-state index contributed by atoms with van der Waals surface area (Å²) >= 11 is 0. The van der Waals surface area contributed by atoms with Crippen LogP contribution in [-0.2, 0) is 0 Å². The van der Waals surface area contributed by atoms with Crippen molar-refractivity contribution in [2.45, 2.75) is 25.7 Å². The van der Waals surface area contributed by atoms with Gasteiger partial charge in [0.05, 0.1) is 5.56 Å². The first-order chi connectivity index (χ1) is 9.06. The lowest BCUT2D eigenvalue weighted by Gasteiger charge is -2.09. The van der Waals surface area contributed by atoms with Crippen LogP contribution in [-0.4, -0.2) is 29.3 Å². The minimum atomic E-state index is -1.37. The molecule has 0 aliphatic rings. The molecule has 0 saturated carbocycles. The molecule has 0 spiro atoms. The molecular formula is C13H17F2NO3. The predicted molar refractivity (Wildman–Crippen MR) is 67.4 cm³/mol. The summed E-state index contributed by atoms with van der Waals surface area (Å²) in [6, 6.07) is 1.58. The van der Waals surface area contributed by atoms with Crippen LogP contribution < -0.4 is 5.32 Å². The fourth-order valence-corrected chi connectivity index (χ4v) is 1.67. The summed E-state index contributed by atoms with van der Waals surface area (Å²) in [5.41, 5.74) is -0.712. The van der Waals surface area contributed by atoms with E-state index in [0.717, 1.165) is 37.8 Å². The van der Waals surface area contributed by atoms with E-state index in [4.69, 9.17) is 10.2 Å². The van der Waals surface area contributed by atoms with Crippen molar-refractivity contribution < 1.29 is 23.8 Å². The lowest BCUT2D eigenvalue weighted by Crippen LogP contribution is -2.08. The van der Waals surface area contributed by atoms with E-state index < -0.39 is 23.2 Å². The molecule has 6 heteroatoms. The molecule has 3 N–H and O–H groups in total. The van der Waals surface area contributed by atoms with Gasteiger partial charge in [-0.1, -0.05) is 12.8 Å². The SMILES string of the molecule is O=C(O)c1cc(F)c(NCCCCCCO)c(F)c1. The van der Waals surface area contributed by atoms with Gasteiger partial charge in [0.15, 0.2) is 0 Å². The molecule has 0 unspecified atom stereocenters. The number of aliphatic hydroxyl groups is 1. The molecule has 4 nitrogen and oxygen atoms in total. The Bertz CT molecular complexity index is 415. The number of rotatable bonds is 8. The van der Waals surface area contributed by atoms with E-state index in [-0.39, 0.29) is 12.3 Å². The summed E-state index contributed by atoms with van der Waals surface area (Å²) in [5, 5.41) is 19.8.